The first-order chi connectivity index (χ1) is 8.98. The monoisotopic (exact) mass is 302 g/mol. The van der Waals surface area contributed by atoms with E-state index in [2.05, 4.69) is 4.74 Å². The number of rotatable bonds is 3. The molecule has 0 saturated carbocycles. The van der Waals surface area contributed by atoms with Crippen LogP contribution in [0.3, 0.4) is 0 Å². The van der Waals surface area contributed by atoms with E-state index in [0.717, 1.165) is 11.1 Å². The standard InChI is InChI=1S/C14H12F3NO.ClH/c15-14(16,17)19-13-3-1-2-12(8-13)11-6-4-10(9-18)5-7-11;/h1-8H,9,18H2;1H/p-1. The zero-order chi connectivity index (χ0) is 13.9. The summed E-state index contributed by atoms with van der Waals surface area (Å²) in [6, 6.07) is 13.2. The average molecular weight is 303 g/mol. The largest absolute Gasteiger partial charge is 1.00 e. The van der Waals surface area contributed by atoms with Crippen molar-refractivity contribution in [2.24, 2.45) is 5.73 Å². The van der Waals surface area contributed by atoms with Crippen LogP contribution < -0.4 is 22.9 Å². The molecule has 2 rings (SSSR count). The van der Waals surface area contributed by atoms with Crippen LogP contribution in [0.15, 0.2) is 48.5 Å². The molecule has 0 heterocycles. The highest BCUT2D eigenvalue weighted by Gasteiger charge is 2.31. The lowest BCUT2D eigenvalue weighted by Gasteiger charge is -2.10. The van der Waals surface area contributed by atoms with Gasteiger partial charge in [0.25, 0.3) is 0 Å². The molecule has 2 aromatic rings. The maximum atomic E-state index is 12.1. The Bertz CT molecular complexity index is 555. The molecule has 0 radical (unpaired) electrons. The van der Waals surface area contributed by atoms with Gasteiger partial charge in [0.2, 0.25) is 0 Å². The molecule has 0 atom stereocenters. The predicted molar refractivity (Wildman–Crippen MR) is 66.5 cm³/mol. The van der Waals surface area contributed by atoms with Gasteiger partial charge in [0.15, 0.2) is 0 Å². The zero-order valence-corrected chi connectivity index (χ0v) is 11.1. The van der Waals surface area contributed by atoms with Crippen LogP contribution in [0.4, 0.5) is 13.2 Å². The summed E-state index contributed by atoms with van der Waals surface area (Å²) >= 11 is 0. The van der Waals surface area contributed by atoms with E-state index < -0.39 is 6.36 Å². The van der Waals surface area contributed by atoms with Crippen molar-refractivity contribution < 1.29 is 30.3 Å². The van der Waals surface area contributed by atoms with E-state index in [1.54, 1.807) is 6.07 Å². The van der Waals surface area contributed by atoms with Crippen molar-refractivity contribution >= 4 is 0 Å². The summed E-state index contributed by atoms with van der Waals surface area (Å²) in [5.41, 5.74) is 7.92. The molecule has 0 saturated heterocycles. The van der Waals surface area contributed by atoms with Gasteiger partial charge in [-0.3, -0.25) is 0 Å². The quantitative estimate of drug-likeness (QED) is 0.906. The minimum Gasteiger partial charge on any atom is -1.00 e. The topological polar surface area (TPSA) is 35.2 Å². The number of benzene rings is 2. The third-order valence-corrected chi connectivity index (χ3v) is 2.59. The van der Waals surface area contributed by atoms with Crippen molar-refractivity contribution in [2.75, 3.05) is 0 Å². The van der Waals surface area contributed by atoms with Gasteiger partial charge >= 0.3 is 6.36 Å². The molecular weight excluding hydrogens is 291 g/mol. The molecule has 20 heavy (non-hydrogen) atoms. The normalized spacial score (nSPS) is 10.8. The molecule has 0 aliphatic rings. The van der Waals surface area contributed by atoms with Crippen molar-refractivity contribution in [1.29, 1.82) is 0 Å². The molecule has 6 heteroatoms. The number of ether oxygens (including phenoxy) is 1. The fourth-order valence-electron chi connectivity index (χ4n) is 1.71. The van der Waals surface area contributed by atoms with Crippen molar-refractivity contribution in [1.82, 2.24) is 0 Å². The second kappa shape index (κ2) is 6.63. The van der Waals surface area contributed by atoms with E-state index in [0.29, 0.717) is 12.1 Å². The third kappa shape index (κ3) is 4.43. The summed E-state index contributed by atoms with van der Waals surface area (Å²) < 4.78 is 40.3. The summed E-state index contributed by atoms with van der Waals surface area (Å²) in [6.07, 6.45) is -4.68. The van der Waals surface area contributed by atoms with Gasteiger partial charge in [-0.1, -0.05) is 36.4 Å². The van der Waals surface area contributed by atoms with E-state index in [-0.39, 0.29) is 18.2 Å². The van der Waals surface area contributed by atoms with Crippen LogP contribution >= 0.6 is 0 Å². The van der Waals surface area contributed by atoms with E-state index in [1.807, 2.05) is 24.3 Å². The van der Waals surface area contributed by atoms with E-state index in [1.165, 1.54) is 18.2 Å². The third-order valence-electron chi connectivity index (χ3n) is 2.59. The Morgan fingerprint density at radius 1 is 0.950 bits per heavy atom. The lowest BCUT2D eigenvalue weighted by Crippen LogP contribution is -3.00. The second-order valence-electron chi connectivity index (χ2n) is 3.98. The maximum absolute atomic E-state index is 12.1. The Hall–Kier alpha value is -1.72. The van der Waals surface area contributed by atoms with Crippen molar-refractivity contribution in [2.45, 2.75) is 12.9 Å². The lowest BCUT2D eigenvalue weighted by atomic mass is 10.0. The van der Waals surface area contributed by atoms with Gasteiger partial charge in [-0.25, -0.2) is 0 Å². The summed E-state index contributed by atoms with van der Waals surface area (Å²) in [5, 5.41) is 0. The Labute approximate surface area is 120 Å². The van der Waals surface area contributed by atoms with Crippen molar-refractivity contribution in [3.63, 3.8) is 0 Å². The first kappa shape index (κ1) is 16.3. The van der Waals surface area contributed by atoms with Gasteiger partial charge in [-0.15, -0.1) is 13.2 Å². The molecule has 0 amide bonds. The Morgan fingerprint density at radius 3 is 2.15 bits per heavy atom. The number of nitrogens with two attached hydrogens (primary N) is 1. The first-order valence-electron chi connectivity index (χ1n) is 5.63. The molecule has 0 bridgehead atoms. The van der Waals surface area contributed by atoms with Gasteiger partial charge < -0.3 is 22.9 Å². The van der Waals surface area contributed by atoms with Gasteiger partial charge in [0.1, 0.15) is 5.75 Å². The van der Waals surface area contributed by atoms with E-state index in [4.69, 9.17) is 5.73 Å². The number of halogens is 4. The van der Waals surface area contributed by atoms with Crippen molar-refractivity contribution in [3.05, 3.63) is 54.1 Å². The molecule has 0 aliphatic carbocycles. The number of alkyl halides is 3. The van der Waals surface area contributed by atoms with Gasteiger partial charge in [0.05, 0.1) is 0 Å². The molecule has 0 aromatic heterocycles. The van der Waals surface area contributed by atoms with Crippen LogP contribution in [0.2, 0.25) is 0 Å². The molecule has 2 nitrogen and oxygen atoms in total. The van der Waals surface area contributed by atoms with Gasteiger partial charge in [-0.05, 0) is 28.8 Å². The van der Waals surface area contributed by atoms with Crippen LogP contribution in [0, 0.1) is 0 Å². The average Bonchev–Trinajstić information content (AvgIpc) is 2.37. The summed E-state index contributed by atoms with van der Waals surface area (Å²) in [5.74, 6) is -0.229. The molecule has 0 aliphatic heterocycles. The highest BCUT2D eigenvalue weighted by atomic mass is 35.5. The number of hydrogen-bond acceptors (Lipinski definition) is 2. The molecule has 2 aromatic carbocycles. The van der Waals surface area contributed by atoms with Crippen LogP contribution in [-0.2, 0) is 6.54 Å². The smallest absolute Gasteiger partial charge is 0.573 e. The lowest BCUT2D eigenvalue weighted by molar-refractivity contribution is -0.274. The van der Waals surface area contributed by atoms with E-state index >= 15 is 0 Å². The molecule has 0 unspecified atom stereocenters. The summed E-state index contributed by atoms with van der Waals surface area (Å²) in [6.45, 7) is 0.428. The zero-order valence-electron chi connectivity index (χ0n) is 10.3. The Kier molecular flexibility index (Phi) is 5.42. The minimum atomic E-state index is -4.68. The second-order valence-corrected chi connectivity index (χ2v) is 3.98. The van der Waals surface area contributed by atoms with Gasteiger partial charge in [0, 0.05) is 6.54 Å². The van der Waals surface area contributed by atoms with Crippen molar-refractivity contribution in [3.8, 4) is 16.9 Å². The SMILES string of the molecule is NCc1ccc(-c2cccc(OC(F)(F)F)c2)cc1.[Cl-]. The van der Waals surface area contributed by atoms with Crippen LogP contribution in [0.5, 0.6) is 5.75 Å². The molecule has 0 spiro atoms. The van der Waals surface area contributed by atoms with E-state index in [9.17, 15) is 13.2 Å². The molecule has 2 N–H and O–H groups in total. The fraction of sp³-hybridized carbons (Fsp3) is 0.143. The highest BCUT2D eigenvalue weighted by molar-refractivity contribution is 5.65. The van der Waals surface area contributed by atoms with Crippen LogP contribution in [0.25, 0.3) is 11.1 Å². The molecule has 0 fully saturated rings. The summed E-state index contributed by atoms with van der Waals surface area (Å²) in [4.78, 5) is 0. The van der Waals surface area contributed by atoms with Gasteiger partial charge in [-0.2, -0.15) is 0 Å². The van der Waals surface area contributed by atoms with Crippen LogP contribution in [0.1, 0.15) is 5.56 Å². The molecule has 108 valence electrons. The molecular formula is C14H12ClF3NO-. The minimum absolute atomic E-state index is 0. The maximum Gasteiger partial charge on any atom is 0.573 e. The predicted octanol–water partition coefficient (Wildman–Crippen LogP) is 0.715. The first-order valence-corrected chi connectivity index (χ1v) is 5.63. The fourth-order valence-corrected chi connectivity index (χ4v) is 1.71. The number of hydrogen-bond donors (Lipinski definition) is 1. The summed E-state index contributed by atoms with van der Waals surface area (Å²) in [7, 11) is 0. The Balaban J connectivity index is 0.00000200. The highest BCUT2D eigenvalue weighted by Crippen LogP contribution is 2.28. The Morgan fingerprint density at radius 2 is 1.60 bits per heavy atom. The van der Waals surface area contributed by atoms with Crippen LogP contribution in [-0.4, -0.2) is 6.36 Å².